The van der Waals surface area contributed by atoms with Crippen LogP contribution in [0.1, 0.15) is 69.8 Å². The molecule has 6 rings (SSSR count). The van der Waals surface area contributed by atoms with Crippen LogP contribution in [-0.4, -0.2) is 109 Å². The predicted octanol–water partition coefficient (Wildman–Crippen LogP) is 7.19. The normalized spacial score (nSPS) is 16.4. The molecule has 0 aliphatic carbocycles. The molecular weight excluding hydrogens is 936 g/mol. The van der Waals surface area contributed by atoms with Gasteiger partial charge in [0.2, 0.25) is 17.7 Å². The molecule has 368 valence electrons. The van der Waals surface area contributed by atoms with Crippen molar-refractivity contribution in [3.05, 3.63) is 94.6 Å². The summed E-state index contributed by atoms with van der Waals surface area (Å²) in [6.07, 6.45) is -3.61. The first kappa shape index (κ1) is 52.4. The first-order chi connectivity index (χ1) is 32.7. The van der Waals surface area contributed by atoms with E-state index in [1.165, 1.54) is 12.1 Å². The number of nitriles is 1. The second-order valence-corrected chi connectivity index (χ2v) is 19.2. The number of hydrogen-bond acceptors (Lipinski definition) is 12. The van der Waals surface area contributed by atoms with E-state index in [-0.39, 0.29) is 68.9 Å². The van der Waals surface area contributed by atoms with Crippen LogP contribution in [0, 0.1) is 23.7 Å². The van der Waals surface area contributed by atoms with E-state index in [1.807, 2.05) is 57.5 Å². The molecule has 0 bridgehead atoms. The Hall–Kier alpha value is -5.98. The number of nitrogens with one attached hydrogen (secondary N) is 2. The first-order valence-electron chi connectivity index (χ1n) is 22.4. The first-order valence-corrected chi connectivity index (χ1v) is 23.6. The van der Waals surface area contributed by atoms with E-state index in [4.69, 9.17) is 31.2 Å². The van der Waals surface area contributed by atoms with Crippen LogP contribution in [-0.2, 0) is 46.1 Å². The highest BCUT2D eigenvalue weighted by atomic mass is 32.1. The number of carbonyl (C=O) groups is 4. The van der Waals surface area contributed by atoms with E-state index in [1.54, 1.807) is 59.2 Å². The number of likely N-dealkylation sites (tertiary alicyclic amines) is 1. The van der Waals surface area contributed by atoms with Gasteiger partial charge in [0.05, 0.1) is 72.0 Å². The Kier molecular flexibility index (Phi) is 17.2. The maximum Gasteiger partial charge on any atom is 0.417 e. The number of hydrogen-bond donors (Lipinski definition) is 2. The van der Waals surface area contributed by atoms with E-state index >= 15 is 0 Å². The van der Waals surface area contributed by atoms with Crippen LogP contribution >= 0.6 is 23.6 Å². The standard InChI is InChI=1S/C49H56F3N7O8S2/c1-31-41(69-30-55-31)33-11-9-32(10-12-33)28-54-43(61)39-8-7-19-57(39)44(62)42(47(2,3)4)56-40(60)29-66-23-22-64-20-21-65-24-25-67-37-17-15-35(16-18-37)59-46(68)58(45(63)48(59,5)6)36-14-13-34(27-53)38(26-36)49(50,51)52/h9-18,26,30,39,42H,7-8,19-25,28-29H2,1-6H3,(H,54,61)(H,56,60)/t39-,42+/m0/s1. The van der Waals surface area contributed by atoms with Gasteiger partial charge in [-0.1, -0.05) is 45.0 Å². The number of nitrogens with zero attached hydrogens (tertiary/aromatic N) is 5. The van der Waals surface area contributed by atoms with E-state index in [2.05, 4.69) is 15.6 Å². The largest absolute Gasteiger partial charge is 0.491 e. The minimum atomic E-state index is -4.81. The third-order valence-corrected chi connectivity index (χ3v) is 13.0. The zero-order chi connectivity index (χ0) is 50.1. The fraction of sp³-hybridized carbons (Fsp3) is 0.449. The maximum atomic E-state index is 13.9. The molecule has 2 saturated heterocycles. The summed E-state index contributed by atoms with van der Waals surface area (Å²) in [4.78, 5) is 63.3. The average molecular weight is 992 g/mol. The van der Waals surface area contributed by atoms with Crippen LogP contribution in [0.4, 0.5) is 24.5 Å². The van der Waals surface area contributed by atoms with Gasteiger partial charge >= 0.3 is 6.18 Å². The molecule has 2 atom stereocenters. The lowest BCUT2D eigenvalue weighted by Crippen LogP contribution is -2.58. The fourth-order valence-electron chi connectivity index (χ4n) is 7.95. The third kappa shape index (κ3) is 12.8. The Morgan fingerprint density at radius 3 is 2.19 bits per heavy atom. The lowest BCUT2D eigenvalue weighted by atomic mass is 9.85. The highest BCUT2D eigenvalue weighted by Gasteiger charge is 2.51. The van der Waals surface area contributed by atoms with E-state index in [0.29, 0.717) is 37.4 Å². The Morgan fingerprint density at radius 2 is 1.58 bits per heavy atom. The summed E-state index contributed by atoms with van der Waals surface area (Å²) in [5, 5.41) is 15.0. The Labute approximate surface area is 408 Å². The second kappa shape index (κ2) is 22.6. The van der Waals surface area contributed by atoms with Crippen LogP contribution in [0.25, 0.3) is 10.4 Å². The van der Waals surface area contributed by atoms with Crippen molar-refractivity contribution in [2.45, 2.75) is 84.7 Å². The summed E-state index contributed by atoms with van der Waals surface area (Å²) in [6, 6.07) is 17.7. The summed E-state index contributed by atoms with van der Waals surface area (Å²) in [5.41, 5.74) is 1.61. The topological polar surface area (TPSA) is 176 Å². The molecule has 69 heavy (non-hydrogen) atoms. The van der Waals surface area contributed by atoms with Gasteiger partial charge in [-0.15, -0.1) is 11.3 Å². The lowest BCUT2D eigenvalue weighted by Gasteiger charge is -2.35. The maximum absolute atomic E-state index is 13.9. The van der Waals surface area contributed by atoms with Crippen LogP contribution in [0.15, 0.2) is 72.2 Å². The molecule has 0 spiro atoms. The van der Waals surface area contributed by atoms with Crippen molar-refractivity contribution >= 4 is 63.7 Å². The molecule has 20 heteroatoms. The number of ether oxygens (including phenoxy) is 4. The van der Waals surface area contributed by atoms with Gasteiger partial charge < -0.3 is 39.4 Å². The van der Waals surface area contributed by atoms with Gasteiger partial charge in [-0.3, -0.25) is 24.1 Å². The van der Waals surface area contributed by atoms with Crippen molar-refractivity contribution in [1.82, 2.24) is 20.5 Å². The molecule has 2 aliphatic heterocycles. The van der Waals surface area contributed by atoms with E-state index < -0.39 is 52.2 Å². The molecule has 3 aromatic carbocycles. The molecule has 0 radical (unpaired) electrons. The average Bonchev–Trinajstić information content (AvgIpc) is 4.02. The molecule has 2 N–H and O–H groups in total. The monoisotopic (exact) mass is 991 g/mol. The summed E-state index contributed by atoms with van der Waals surface area (Å²) < 4.78 is 63.5. The number of alkyl halides is 3. The molecule has 1 aromatic heterocycles. The predicted molar refractivity (Wildman–Crippen MR) is 257 cm³/mol. The lowest BCUT2D eigenvalue weighted by molar-refractivity contribution is -0.144. The molecule has 4 amide bonds. The minimum absolute atomic E-state index is 0.0181. The molecule has 2 aliphatic rings. The highest BCUT2D eigenvalue weighted by molar-refractivity contribution is 7.81. The number of anilines is 2. The number of benzene rings is 3. The molecular formula is C49H56F3N7O8S2. The van der Waals surface area contributed by atoms with Crippen molar-refractivity contribution < 1.29 is 51.3 Å². The number of aryl methyl sites for hydroxylation is 1. The Balaban J connectivity index is 0.857. The molecule has 3 heterocycles. The Morgan fingerprint density at radius 1 is 0.942 bits per heavy atom. The van der Waals surface area contributed by atoms with E-state index in [0.717, 1.165) is 38.7 Å². The molecule has 15 nitrogen and oxygen atoms in total. The molecule has 0 saturated carbocycles. The summed E-state index contributed by atoms with van der Waals surface area (Å²) >= 11 is 7.19. The summed E-state index contributed by atoms with van der Waals surface area (Å²) in [6.45, 7) is 12.5. The van der Waals surface area contributed by atoms with Gasteiger partial charge in [-0.25, -0.2) is 4.98 Å². The van der Waals surface area contributed by atoms with Crippen molar-refractivity contribution in [1.29, 1.82) is 5.26 Å². The van der Waals surface area contributed by atoms with Crippen molar-refractivity contribution in [2.75, 3.05) is 62.6 Å². The van der Waals surface area contributed by atoms with Gasteiger partial charge in [-0.2, -0.15) is 18.4 Å². The van der Waals surface area contributed by atoms with Gasteiger partial charge in [0.25, 0.3) is 5.91 Å². The third-order valence-electron chi connectivity index (χ3n) is 11.6. The van der Waals surface area contributed by atoms with Crippen LogP contribution in [0.2, 0.25) is 0 Å². The minimum Gasteiger partial charge on any atom is -0.491 e. The van der Waals surface area contributed by atoms with Gasteiger partial charge in [0, 0.05) is 18.8 Å². The van der Waals surface area contributed by atoms with Crippen molar-refractivity contribution in [3.63, 3.8) is 0 Å². The zero-order valence-electron chi connectivity index (χ0n) is 39.3. The van der Waals surface area contributed by atoms with Gasteiger partial charge in [0.15, 0.2) is 5.11 Å². The quantitative estimate of drug-likeness (QED) is 0.0675. The van der Waals surface area contributed by atoms with Crippen molar-refractivity contribution in [3.8, 4) is 22.3 Å². The van der Waals surface area contributed by atoms with Crippen LogP contribution in [0.5, 0.6) is 5.75 Å². The van der Waals surface area contributed by atoms with Crippen LogP contribution < -0.4 is 25.2 Å². The number of carbonyl (C=O) groups excluding carboxylic acids is 4. The van der Waals surface area contributed by atoms with Gasteiger partial charge in [0.1, 0.15) is 36.6 Å². The summed E-state index contributed by atoms with van der Waals surface area (Å²) in [7, 11) is 0. The van der Waals surface area contributed by atoms with E-state index in [9.17, 15) is 37.6 Å². The number of aromatic nitrogens is 1. The SMILES string of the molecule is Cc1ncsc1-c1ccc(CNC(=O)[C@@H]2CCCN2C(=O)[C@@H](NC(=O)COCCOCCOCCOc2ccc(N3C(=S)N(c4ccc(C#N)c(C(F)(F)F)c4)C(=O)C3(C)C)cc2)C(C)(C)C)cc1. The number of thiocarbonyl (C=S) groups is 1. The van der Waals surface area contributed by atoms with Gasteiger partial charge in [-0.05, 0) is 105 Å². The summed E-state index contributed by atoms with van der Waals surface area (Å²) in [5.74, 6) is -1.04. The van der Waals surface area contributed by atoms with Crippen molar-refractivity contribution in [2.24, 2.45) is 5.41 Å². The highest BCUT2D eigenvalue weighted by Crippen LogP contribution is 2.40. The second-order valence-electron chi connectivity index (χ2n) is 18.0. The smallest absolute Gasteiger partial charge is 0.417 e. The Bertz CT molecular complexity index is 2520. The fourth-order valence-corrected chi connectivity index (χ4v) is 9.29. The molecule has 4 aromatic rings. The van der Waals surface area contributed by atoms with Crippen LogP contribution in [0.3, 0.4) is 0 Å². The number of halogens is 3. The number of amides is 4. The molecule has 2 fully saturated rings. The number of thiazole rings is 1. The number of rotatable bonds is 20. The molecule has 0 unspecified atom stereocenters. The zero-order valence-corrected chi connectivity index (χ0v) is 40.9.